The van der Waals surface area contributed by atoms with Crippen LogP contribution in [-0.2, 0) is 4.74 Å². The highest BCUT2D eigenvalue weighted by Crippen LogP contribution is 2.10. The van der Waals surface area contributed by atoms with E-state index in [1.54, 1.807) is 6.08 Å². The van der Waals surface area contributed by atoms with Gasteiger partial charge in [-0.25, -0.2) is 0 Å². The second-order valence-corrected chi connectivity index (χ2v) is 4.07. The van der Waals surface area contributed by atoms with Crippen LogP contribution >= 0.6 is 12.6 Å². The zero-order valence-electron chi connectivity index (χ0n) is 10.9. The summed E-state index contributed by atoms with van der Waals surface area (Å²) in [5.41, 5.74) is 1.19. The first-order chi connectivity index (χ1) is 8.13. The van der Waals surface area contributed by atoms with Gasteiger partial charge >= 0.3 is 0 Å². The van der Waals surface area contributed by atoms with Gasteiger partial charge in [0.1, 0.15) is 6.61 Å². The third-order valence-corrected chi connectivity index (χ3v) is 2.23. The van der Waals surface area contributed by atoms with Crippen molar-refractivity contribution in [2.45, 2.75) is 27.2 Å². The molecule has 1 nitrogen and oxygen atoms in total. The molecule has 0 aliphatic rings. The van der Waals surface area contributed by atoms with Crippen LogP contribution in [0.2, 0.25) is 0 Å². The van der Waals surface area contributed by atoms with Crippen LogP contribution in [0.4, 0.5) is 0 Å². The fourth-order valence-electron chi connectivity index (χ4n) is 1.27. The Kier molecular flexibility index (Phi) is 9.35. The molecule has 0 spiro atoms. The largest absolute Gasteiger partial charge is 0.494 e. The van der Waals surface area contributed by atoms with Crippen LogP contribution in [0.5, 0.6) is 0 Å². The van der Waals surface area contributed by atoms with Crippen molar-refractivity contribution in [2.24, 2.45) is 0 Å². The minimum Gasteiger partial charge on any atom is -0.494 e. The summed E-state index contributed by atoms with van der Waals surface area (Å²) < 4.78 is 5.64. The van der Waals surface area contributed by atoms with Gasteiger partial charge in [0.05, 0.1) is 5.76 Å². The molecule has 0 aliphatic carbocycles. The number of thiol groups is 1. The Hall–Kier alpha value is -1.15. The summed E-state index contributed by atoms with van der Waals surface area (Å²) >= 11 is 4.28. The molecular formula is C15H22OS. The standard InChI is InChI=1S/C15H22OS/c1-5-8-14(9-6-2)12-16-13(4)11-15(17)10-7-3/h5,7-11,17H,3,6,12H2,1-2,4H3/b8-5-,13-11+,14-9+,15-10+. The number of allylic oxidation sites excluding steroid dienone is 6. The van der Waals surface area contributed by atoms with E-state index in [0.717, 1.165) is 17.1 Å². The van der Waals surface area contributed by atoms with Gasteiger partial charge in [0, 0.05) is 4.91 Å². The summed E-state index contributed by atoms with van der Waals surface area (Å²) in [5, 5.41) is 0. The van der Waals surface area contributed by atoms with Crippen LogP contribution in [0.25, 0.3) is 0 Å². The molecular weight excluding hydrogens is 228 g/mol. The molecule has 0 saturated carbocycles. The van der Waals surface area contributed by atoms with Crippen LogP contribution < -0.4 is 0 Å². The van der Waals surface area contributed by atoms with E-state index in [9.17, 15) is 0 Å². The Bertz CT molecular complexity index is 346. The Labute approximate surface area is 111 Å². The summed E-state index contributed by atoms with van der Waals surface area (Å²) in [6, 6.07) is 0. The third kappa shape index (κ3) is 8.64. The second kappa shape index (κ2) is 10.0. The van der Waals surface area contributed by atoms with Crippen LogP contribution in [0.3, 0.4) is 0 Å². The Balaban J connectivity index is 4.40. The van der Waals surface area contributed by atoms with Crippen LogP contribution in [-0.4, -0.2) is 6.61 Å². The van der Waals surface area contributed by atoms with Gasteiger partial charge in [-0.3, -0.25) is 0 Å². The SMILES string of the molecule is C=C/C=C(S)\C=C(/C)OCC(/C=C\C)=C/CC. The molecule has 0 aromatic carbocycles. The predicted octanol–water partition coefficient (Wildman–Crippen LogP) is 4.82. The fraction of sp³-hybridized carbons (Fsp3) is 0.333. The van der Waals surface area contributed by atoms with E-state index in [1.807, 2.05) is 32.1 Å². The molecule has 0 amide bonds. The van der Waals surface area contributed by atoms with Crippen molar-refractivity contribution in [3.05, 3.63) is 59.3 Å². The van der Waals surface area contributed by atoms with Crippen molar-refractivity contribution in [2.75, 3.05) is 6.61 Å². The maximum Gasteiger partial charge on any atom is 0.112 e. The number of ether oxygens (including phenoxy) is 1. The van der Waals surface area contributed by atoms with Gasteiger partial charge < -0.3 is 4.74 Å². The van der Waals surface area contributed by atoms with E-state index in [1.165, 1.54) is 5.57 Å². The first kappa shape index (κ1) is 15.9. The smallest absolute Gasteiger partial charge is 0.112 e. The molecule has 17 heavy (non-hydrogen) atoms. The van der Waals surface area contributed by atoms with Gasteiger partial charge in [0.15, 0.2) is 0 Å². The summed E-state index contributed by atoms with van der Waals surface area (Å²) in [6.07, 6.45) is 12.7. The molecule has 2 heteroatoms. The Morgan fingerprint density at radius 2 is 2.12 bits per heavy atom. The molecule has 0 unspecified atom stereocenters. The summed E-state index contributed by atoms with van der Waals surface area (Å²) in [7, 11) is 0. The number of hydrogen-bond donors (Lipinski definition) is 1. The average molecular weight is 250 g/mol. The summed E-state index contributed by atoms with van der Waals surface area (Å²) in [6.45, 7) is 10.3. The highest BCUT2D eigenvalue weighted by Gasteiger charge is 1.95. The fourth-order valence-corrected chi connectivity index (χ4v) is 1.55. The summed E-state index contributed by atoms with van der Waals surface area (Å²) in [5.74, 6) is 0.847. The third-order valence-electron chi connectivity index (χ3n) is 1.95. The van der Waals surface area contributed by atoms with Crippen molar-refractivity contribution in [3.8, 4) is 0 Å². The molecule has 0 fully saturated rings. The number of rotatable bonds is 7. The van der Waals surface area contributed by atoms with E-state index in [2.05, 4.69) is 38.3 Å². The number of hydrogen-bond acceptors (Lipinski definition) is 2. The average Bonchev–Trinajstić information content (AvgIpc) is 2.27. The molecule has 0 aromatic heterocycles. The first-order valence-corrected chi connectivity index (χ1v) is 6.23. The van der Waals surface area contributed by atoms with Gasteiger partial charge in [-0.15, -0.1) is 12.6 Å². The van der Waals surface area contributed by atoms with Crippen molar-refractivity contribution < 1.29 is 4.74 Å². The molecule has 0 rings (SSSR count). The molecule has 0 radical (unpaired) electrons. The highest BCUT2D eigenvalue weighted by molar-refractivity contribution is 7.84. The van der Waals surface area contributed by atoms with Crippen LogP contribution in [0.15, 0.2) is 59.3 Å². The zero-order chi connectivity index (χ0) is 13.1. The lowest BCUT2D eigenvalue weighted by atomic mass is 10.2. The van der Waals surface area contributed by atoms with Gasteiger partial charge in [0.2, 0.25) is 0 Å². The van der Waals surface area contributed by atoms with Crippen LogP contribution in [0, 0.1) is 0 Å². The highest BCUT2D eigenvalue weighted by atomic mass is 32.1. The molecule has 0 aliphatic heterocycles. The van der Waals surface area contributed by atoms with Crippen molar-refractivity contribution in [1.82, 2.24) is 0 Å². The minimum absolute atomic E-state index is 0.593. The van der Waals surface area contributed by atoms with Crippen molar-refractivity contribution in [3.63, 3.8) is 0 Å². The molecule has 0 aromatic rings. The van der Waals surface area contributed by atoms with Gasteiger partial charge in [-0.2, -0.15) is 0 Å². The molecule has 0 N–H and O–H groups in total. The Morgan fingerprint density at radius 3 is 2.65 bits per heavy atom. The molecule has 94 valence electrons. The molecule has 0 bridgehead atoms. The normalized spacial score (nSPS) is 14.2. The van der Waals surface area contributed by atoms with E-state index in [-0.39, 0.29) is 0 Å². The van der Waals surface area contributed by atoms with E-state index >= 15 is 0 Å². The van der Waals surface area contributed by atoms with Gasteiger partial charge in [0.25, 0.3) is 0 Å². The zero-order valence-corrected chi connectivity index (χ0v) is 11.8. The topological polar surface area (TPSA) is 9.23 Å². The minimum atomic E-state index is 0.593. The lowest BCUT2D eigenvalue weighted by molar-refractivity contribution is 0.244. The maximum atomic E-state index is 5.64. The van der Waals surface area contributed by atoms with E-state index in [4.69, 9.17) is 4.74 Å². The maximum absolute atomic E-state index is 5.64. The van der Waals surface area contributed by atoms with E-state index in [0.29, 0.717) is 6.61 Å². The molecule has 0 saturated heterocycles. The van der Waals surface area contributed by atoms with Gasteiger partial charge in [-0.05, 0) is 38.0 Å². The van der Waals surface area contributed by atoms with Crippen molar-refractivity contribution in [1.29, 1.82) is 0 Å². The second-order valence-electron chi connectivity index (χ2n) is 3.56. The summed E-state index contributed by atoms with van der Waals surface area (Å²) in [4.78, 5) is 0.838. The first-order valence-electron chi connectivity index (χ1n) is 5.78. The van der Waals surface area contributed by atoms with Crippen molar-refractivity contribution >= 4 is 12.6 Å². The van der Waals surface area contributed by atoms with Gasteiger partial charge in [-0.1, -0.05) is 37.8 Å². The molecule has 0 atom stereocenters. The quantitative estimate of drug-likeness (QED) is 0.387. The lowest BCUT2D eigenvalue weighted by Gasteiger charge is -2.07. The lowest BCUT2D eigenvalue weighted by Crippen LogP contribution is -1.95. The monoisotopic (exact) mass is 250 g/mol. The predicted molar refractivity (Wildman–Crippen MR) is 80.2 cm³/mol. The molecule has 0 heterocycles. The van der Waals surface area contributed by atoms with Crippen LogP contribution in [0.1, 0.15) is 27.2 Å². The van der Waals surface area contributed by atoms with E-state index < -0.39 is 0 Å². The Morgan fingerprint density at radius 1 is 1.41 bits per heavy atom.